The zero-order valence-corrected chi connectivity index (χ0v) is 11.5. The number of carbonyl (C=O) groups is 1. The van der Waals surface area contributed by atoms with E-state index in [1.165, 1.54) is 24.0 Å². The topological polar surface area (TPSA) is 41.1 Å². The van der Waals surface area contributed by atoms with E-state index < -0.39 is 0 Å². The molecule has 0 aromatic heterocycles. The summed E-state index contributed by atoms with van der Waals surface area (Å²) in [5.41, 5.74) is 2.58. The molecule has 0 aliphatic rings. The van der Waals surface area contributed by atoms with Gasteiger partial charge in [0.05, 0.1) is 0 Å². The Morgan fingerprint density at radius 3 is 2.56 bits per heavy atom. The summed E-state index contributed by atoms with van der Waals surface area (Å²) >= 11 is 0. The third-order valence-corrected chi connectivity index (χ3v) is 3.01. The lowest BCUT2D eigenvalue weighted by molar-refractivity contribution is 0.241. The van der Waals surface area contributed by atoms with Crippen LogP contribution in [-0.4, -0.2) is 19.1 Å². The molecule has 3 nitrogen and oxygen atoms in total. The van der Waals surface area contributed by atoms with Gasteiger partial charge in [0.15, 0.2) is 0 Å². The van der Waals surface area contributed by atoms with Crippen LogP contribution < -0.4 is 10.6 Å². The van der Waals surface area contributed by atoms with Crippen molar-refractivity contribution in [3.63, 3.8) is 0 Å². The van der Waals surface area contributed by atoms with Gasteiger partial charge in [-0.25, -0.2) is 4.79 Å². The van der Waals surface area contributed by atoms with Crippen molar-refractivity contribution >= 4 is 6.03 Å². The van der Waals surface area contributed by atoms with Gasteiger partial charge in [-0.1, -0.05) is 44.0 Å². The summed E-state index contributed by atoms with van der Waals surface area (Å²) in [4.78, 5) is 11.5. The predicted octanol–water partition coefficient (Wildman–Crippen LogP) is 3.03. The number of urea groups is 1. The van der Waals surface area contributed by atoms with Crippen molar-refractivity contribution in [2.24, 2.45) is 0 Å². The van der Waals surface area contributed by atoms with Gasteiger partial charge in [-0.05, 0) is 30.9 Å². The van der Waals surface area contributed by atoms with Gasteiger partial charge in [-0.3, -0.25) is 0 Å². The largest absolute Gasteiger partial charge is 0.338 e. The van der Waals surface area contributed by atoms with E-state index >= 15 is 0 Å². The summed E-state index contributed by atoms with van der Waals surface area (Å²) < 4.78 is 0. The number of rotatable bonds is 7. The highest BCUT2D eigenvalue weighted by atomic mass is 16.2. The summed E-state index contributed by atoms with van der Waals surface area (Å²) in [6.45, 7) is 5.71. The molecule has 1 rings (SSSR count). The number of carbonyl (C=O) groups excluding carboxylic acids is 1. The monoisotopic (exact) mass is 248 g/mol. The highest BCUT2D eigenvalue weighted by Gasteiger charge is 2.00. The first-order valence-electron chi connectivity index (χ1n) is 6.80. The molecule has 0 heterocycles. The second-order valence-electron chi connectivity index (χ2n) is 4.57. The highest BCUT2D eigenvalue weighted by Crippen LogP contribution is 2.06. The molecule has 0 spiro atoms. The Bertz CT molecular complexity index is 363. The molecular weight excluding hydrogens is 224 g/mol. The number of nitrogens with one attached hydrogen (secondary N) is 2. The summed E-state index contributed by atoms with van der Waals surface area (Å²) in [5.74, 6) is 0. The van der Waals surface area contributed by atoms with Crippen LogP contribution in [0, 0.1) is 6.92 Å². The van der Waals surface area contributed by atoms with E-state index in [9.17, 15) is 4.79 Å². The first kappa shape index (κ1) is 14.6. The van der Waals surface area contributed by atoms with Crippen LogP contribution in [0.25, 0.3) is 0 Å². The van der Waals surface area contributed by atoms with Crippen molar-refractivity contribution in [2.45, 2.75) is 39.5 Å². The van der Waals surface area contributed by atoms with E-state index in [0.29, 0.717) is 6.54 Å². The molecule has 2 N–H and O–H groups in total. The fourth-order valence-corrected chi connectivity index (χ4v) is 1.84. The van der Waals surface area contributed by atoms with E-state index in [1.54, 1.807) is 0 Å². The summed E-state index contributed by atoms with van der Waals surface area (Å²) in [7, 11) is 0. The number of unbranched alkanes of at least 4 members (excludes halogenated alkanes) is 2. The first-order valence-corrected chi connectivity index (χ1v) is 6.80. The number of benzene rings is 1. The lowest BCUT2D eigenvalue weighted by atomic mass is 10.1. The zero-order valence-electron chi connectivity index (χ0n) is 11.5. The van der Waals surface area contributed by atoms with Crippen molar-refractivity contribution in [1.29, 1.82) is 0 Å². The fourth-order valence-electron chi connectivity index (χ4n) is 1.84. The summed E-state index contributed by atoms with van der Waals surface area (Å²) in [5, 5.41) is 5.75. The second-order valence-corrected chi connectivity index (χ2v) is 4.57. The Balaban J connectivity index is 2.14. The van der Waals surface area contributed by atoms with Gasteiger partial charge in [0.1, 0.15) is 0 Å². The molecule has 1 aromatic carbocycles. The maximum absolute atomic E-state index is 11.5. The smallest absolute Gasteiger partial charge is 0.314 e. The molecule has 0 aliphatic carbocycles. The number of amides is 2. The molecule has 0 unspecified atom stereocenters. The minimum absolute atomic E-state index is 0.0558. The van der Waals surface area contributed by atoms with Crippen LogP contribution in [0.15, 0.2) is 24.3 Å². The standard InChI is InChI=1S/C15H24N2O/c1-3-4-7-11-16-15(18)17-12-10-14-9-6-5-8-13(14)2/h5-6,8-9H,3-4,7,10-12H2,1-2H3,(H2,16,17,18). The lowest BCUT2D eigenvalue weighted by Gasteiger charge is -2.08. The Morgan fingerprint density at radius 2 is 1.83 bits per heavy atom. The van der Waals surface area contributed by atoms with Crippen molar-refractivity contribution in [3.8, 4) is 0 Å². The molecular formula is C15H24N2O. The van der Waals surface area contributed by atoms with E-state index in [2.05, 4.69) is 36.6 Å². The molecule has 3 heteroatoms. The minimum Gasteiger partial charge on any atom is -0.338 e. The first-order chi connectivity index (χ1) is 8.74. The van der Waals surface area contributed by atoms with E-state index in [-0.39, 0.29) is 6.03 Å². The SMILES string of the molecule is CCCCCNC(=O)NCCc1ccccc1C. The molecule has 1 aromatic rings. The van der Waals surface area contributed by atoms with Gasteiger partial charge in [0.2, 0.25) is 0 Å². The maximum Gasteiger partial charge on any atom is 0.314 e. The third-order valence-electron chi connectivity index (χ3n) is 3.01. The van der Waals surface area contributed by atoms with Crippen molar-refractivity contribution < 1.29 is 4.79 Å². The molecule has 0 aliphatic heterocycles. The van der Waals surface area contributed by atoms with Crippen LogP contribution in [0.2, 0.25) is 0 Å². The second kappa shape index (κ2) is 8.56. The van der Waals surface area contributed by atoms with Crippen molar-refractivity contribution in [3.05, 3.63) is 35.4 Å². The summed E-state index contributed by atoms with van der Waals surface area (Å²) in [6.07, 6.45) is 4.29. The molecule has 0 saturated carbocycles. The fraction of sp³-hybridized carbons (Fsp3) is 0.533. The van der Waals surface area contributed by atoms with Crippen LogP contribution in [-0.2, 0) is 6.42 Å². The van der Waals surface area contributed by atoms with E-state index in [4.69, 9.17) is 0 Å². The Kier molecular flexibility index (Phi) is 6.92. The normalized spacial score (nSPS) is 10.1. The Labute approximate surface area is 110 Å². The Hall–Kier alpha value is -1.51. The average Bonchev–Trinajstić information content (AvgIpc) is 2.37. The van der Waals surface area contributed by atoms with E-state index in [1.807, 2.05) is 12.1 Å². The quantitative estimate of drug-likeness (QED) is 0.715. The maximum atomic E-state index is 11.5. The third kappa shape index (κ3) is 5.71. The number of aryl methyl sites for hydroxylation is 1. The van der Waals surface area contributed by atoms with Gasteiger partial charge >= 0.3 is 6.03 Å². The molecule has 100 valence electrons. The van der Waals surface area contributed by atoms with Gasteiger partial charge in [-0.2, -0.15) is 0 Å². The number of hydrogen-bond donors (Lipinski definition) is 2. The van der Waals surface area contributed by atoms with Crippen LogP contribution in [0.3, 0.4) is 0 Å². The minimum atomic E-state index is -0.0558. The number of hydrogen-bond acceptors (Lipinski definition) is 1. The predicted molar refractivity (Wildman–Crippen MR) is 75.8 cm³/mol. The van der Waals surface area contributed by atoms with E-state index in [0.717, 1.165) is 19.4 Å². The van der Waals surface area contributed by atoms with Gasteiger partial charge < -0.3 is 10.6 Å². The molecule has 0 atom stereocenters. The Morgan fingerprint density at radius 1 is 1.11 bits per heavy atom. The molecule has 0 saturated heterocycles. The van der Waals surface area contributed by atoms with Crippen LogP contribution in [0.4, 0.5) is 4.79 Å². The van der Waals surface area contributed by atoms with Gasteiger partial charge in [-0.15, -0.1) is 0 Å². The highest BCUT2D eigenvalue weighted by molar-refractivity contribution is 5.73. The van der Waals surface area contributed by atoms with Crippen molar-refractivity contribution in [1.82, 2.24) is 10.6 Å². The zero-order chi connectivity index (χ0) is 13.2. The summed E-state index contributed by atoms with van der Waals surface area (Å²) in [6, 6.07) is 8.22. The van der Waals surface area contributed by atoms with Crippen LogP contribution in [0.5, 0.6) is 0 Å². The molecule has 2 amide bonds. The van der Waals surface area contributed by atoms with Crippen molar-refractivity contribution in [2.75, 3.05) is 13.1 Å². The molecule has 0 fully saturated rings. The van der Waals surface area contributed by atoms with Gasteiger partial charge in [0.25, 0.3) is 0 Å². The van der Waals surface area contributed by atoms with Crippen LogP contribution >= 0.6 is 0 Å². The van der Waals surface area contributed by atoms with Crippen LogP contribution in [0.1, 0.15) is 37.3 Å². The van der Waals surface area contributed by atoms with Gasteiger partial charge in [0, 0.05) is 13.1 Å². The average molecular weight is 248 g/mol. The molecule has 18 heavy (non-hydrogen) atoms. The molecule has 0 bridgehead atoms. The lowest BCUT2D eigenvalue weighted by Crippen LogP contribution is -2.37. The molecule has 0 radical (unpaired) electrons.